The van der Waals surface area contributed by atoms with E-state index in [1.807, 2.05) is 0 Å². The van der Waals surface area contributed by atoms with Gasteiger partial charge in [-0.15, -0.1) is 12.4 Å². The van der Waals surface area contributed by atoms with Crippen LogP contribution in [0.25, 0.3) is 0 Å². The summed E-state index contributed by atoms with van der Waals surface area (Å²) >= 11 is 0. The molecule has 0 aliphatic rings. The molecule has 9 heteroatoms. The smallest absolute Gasteiger partial charge is 0.433 e. The minimum absolute atomic E-state index is 0. The van der Waals surface area contributed by atoms with Crippen molar-refractivity contribution in [1.82, 2.24) is 9.97 Å². The number of carbonyl (C=O) groups excluding carboxylic acids is 1. The van der Waals surface area contributed by atoms with Crippen LogP contribution in [0.2, 0.25) is 0 Å². The van der Waals surface area contributed by atoms with Gasteiger partial charge in [0.05, 0.1) is 12.7 Å². The van der Waals surface area contributed by atoms with E-state index in [0.29, 0.717) is 0 Å². The molecule has 0 spiro atoms. The zero-order valence-electron chi connectivity index (χ0n) is 10.6. The van der Waals surface area contributed by atoms with Gasteiger partial charge in [-0.3, -0.25) is 4.79 Å². The number of esters is 1. The quantitative estimate of drug-likeness (QED) is 0.801. The number of nitrogens with zero attached hydrogens (tertiary/aromatic N) is 3. The molecule has 1 unspecified atom stereocenters. The van der Waals surface area contributed by atoms with Crippen molar-refractivity contribution in [3.8, 4) is 6.07 Å². The summed E-state index contributed by atoms with van der Waals surface area (Å²) in [7, 11) is 0. The number of nitriles is 1. The number of hydrogen-bond acceptors (Lipinski definition) is 5. The van der Waals surface area contributed by atoms with Gasteiger partial charge < -0.3 is 4.74 Å². The van der Waals surface area contributed by atoms with Crippen molar-refractivity contribution in [2.45, 2.75) is 25.9 Å². The maximum absolute atomic E-state index is 12.6. The highest BCUT2D eigenvalue weighted by molar-refractivity contribution is 5.85. The third-order valence-corrected chi connectivity index (χ3v) is 2.07. The van der Waals surface area contributed by atoms with E-state index in [2.05, 4.69) is 14.7 Å². The van der Waals surface area contributed by atoms with E-state index in [9.17, 15) is 18.0 Å². The number of aryl methyl sites for hydroxylation is 1. The molecule has 1 aromatic heterocycles. The lowest BCUT2D eigenvalue weighted by atomic mass is 10.1. The molecule has 0 fully saturated rings. The van der Waals surface area contributed by atoms with Gasteiger partial charge in [-0.1, -0.05) is 0 Å². The minimum atomic E-state index is -4.67. The number of rotatable bonds is 3. The molecule has 1 heterocycles. The standard InChI is InChI=1S/C11H10F3N3O2.ClH/c1-3-19-10(18)7(5-15)9-16-6(2)4-8(17-9)11(12,13)14;/h4,7H,3H2,1-2H3;1H. The first-order valence-corrected chi connectivity index (χ1v) is 5.28. The average molecular weight is 310 g/mol. The Bertz CT molecular complexity index is 529. The van der Waals surface area contributed by atoms with E-state index in [-0.39, 0.29) is 24.7 Å². The number of hydrogen-bond donors (Lipinski definition) is 0. The molecule has 110 valence electrons. The molecule has 0 saturated heterocycles. The Labute approximate surface area is 119 Å². The zero-order valence-corrected chi connectivity index (χ0v) is 11.4. The minimum Gasteiger partial charge on any atom is -0.465 e. The van der Waals surface area contributed by atoms with Gasteiger partial charge >= 0.3 is 12.1 Å². The van der Waals surface area contributed by atoms with Crippen LogP contribution in [0.1, 0.15) is 30.1 Å². The normalized spacial score (nSPS) is 12.0. The Morgan fingerprint density at radius 2 is 2.10 bits per heavy atom. The highest BCUT2D eigenvalue weighted by Crippen LogP contribution is 2.28. The molecule has 0 saturated carbocycles. The first kappa shape index (κ1) is 18.1. The molecule has 0 radical (unpaired) electrons. The van der Waals surface area contributed by atoms with Crippen LogP contribution in [-0.4, -0.2) is 22.5 Å². The Hall–Kier alpha value is -1.88. The Morgan fingerprint density at radius 1 is 1.50 bits per heavy atom. The van der Waals surface area contributed by atoms with Crippen LogP contribution in [0.3, 0.4) is 0 Å². The molecule has 0 aliphatic carbocycles. The predicted molar refractivity (Wildman–Crippen MR) is 64.0 cm³/mol. The third-order valence-electron chi connectivity index (χ3n) is 2.07. The van der Waals surface area contributed by atoms with Crippen LogP contribution in [0.4, 0.5) is 13.2 Å². The summed E-state index contributed by atoms with van der Waals surface area (Å²) in [5.74, 6) is -3.04. The number of halogens is 4. The monoisotopic (exact) mass is 309 g/mol. The van der Waals surface area contributed by atoms with Gasteiger partial charge in [-0.25, -0.2) is 9.97 Å². The molecule has 5 nitrogen and oxygen atoms in total. The highest BCUT2D eigenvalue weighted by atomic mass is 35.5. The van der Waals surface area contributed by atoms with E-state index in [1.54, 1.807) is 6.07 Å². The summed E-state index contributed by atoms with van der Waals surface area (Å²) in [4.78, 5) is 18.3. The maximum Gasteiger partial charge on any atom is 0.433 e. The van der Waals surface area contributed by atoms with Crippen molar-refractivity contribution < 1.29 is 22.7 Å². The summed E-state index contributed by atoms with van der Waals surface area (Å²) in [5, 5.41) is 8.85. The van der Waals surface area contributed by atoms with Crippen molar-refractivity contribution >= 4 is 18.4 Å². The van der Waals surface area contributed by atoms with Crippen molar-refractivity contribution in [3.63, 3.8) is 0 Å². The lowest BCUT2D eigenvalue weighted by Crippen LogP contribution is -2.20. The van der Waals surface area contributed by atoms with Crippen LogP contribution in [0, 0.1) is 18.3 Å². The number of aromatic nitrogens is 2. The largest absolute Gasteiger partial charge is 0.465 e. The van der Waals surface area contributed by atoms with Crippen molar-refractivity contribution in [3.05, 3.63) is 23.3 Å². The Morgan fingerprint density at radius 3 is 2.55 bits per heavy atom. The molecule has 0 N–H and O–H groups in total. The Kier molecular flexibility index (Phi) is 6.39. The topological polar surface area (TPSA) is 75.9 Å². The summed E-state index contributed by atoms with van der Waals surface area (Å²) in [5.41, 5.74) is -1.18. The van der Waals surface area contributed by atoms with Gasteiger partial charge in [0.1, 0.15) is 5.69 Å². The van der Waals surface area contributed by atoms with Crippen molar-refractivity contribution in [2.24, 2.45) is 0 Å². The van der Waals surface area contributed by atoms with E-state index in [4.69, 9.17) is 5.26 Å². The molecule has 0 bridgehead atoms. The SMILES string of the molecule is CCOC(=O)C(C#N)c1nc(C)cc(C(F)(F)F)n1.Cl. The van der Waals surface area contributed by atoms with Gasteiger partial charge in [-0.2, -0.15) is 18.4 Å². The van der Waals surface area contributed by atoms with Gasteiger partial charge in [0.25, 0.3) is 0 Å². The summed E-state index contributed by atoms with van der Waals surface area (Å²) in [6, 6.07) is 2.28. The van der Waals surface area contributed by atoms with E-state index >= 15 is 0 Å². The molecule has 0 aliphatic heterocycles. The first-order chi connectivity index (χ1) is 8.79. The second-order valence-corrected chi connectivity index (χ2v) is 3.56. The highest BCUT2D eigenvalue weighted by Gasteiger charge is 2.35. The molecule has 1 rings (SSSR count). The second-order valence-electron chi connectivity index (χ2n) is 3.56. The lowest BCUT2D eigenvalue weighted by molar-refractivity contribution is -0.145. The lowest BCUT2D eigenvalue weighted by Gasteiger charge is -2.11. The van der Waals surface area contributed by atoms with E-state index in [1.165, 1.54) is 13.8 Å². The van der Waals surface area contributed by atoms with Crippen LogP contribution < -0.4 is 0 Å². The summed E-state index contributed by atoms with van der Waals surface area (Å²) in [6.07, 6.45) is -4.67. The van der Waals surface area contributed by atoms with Gasteiger partial charge in [0.15, 0.2) is 5.82 Å². The van der Waals surface area contributed by atoms with E-state index < -0.39 is 29.6 Å². The fourth-order valence-electron chi connectivity index (χ4n) is 1.31. The fraction of sp³-hybridized carbons (Fsp3) is 0.455. The summed E-state index contributed by atoms with van der Waals surface area (Å²) in [6.45, 7) is 2.85. The molecule has 1 aromatic rings. The van der Waals surface area contributed by atoms with E-state index in [0.717, 1.165) is 6.07 Å². The maximum atomic E-state index is 12.6. The zero-order chi connectivity index (χ0) is 14.6. The van der Waals surface area contributed by atoms with Crippen LogP contribution in [0.15, 0.2) is 6.07 Å². The predicted octanol–water partition coefficient (Wildman–Crippen LogP) is 2.40. The first-order valence-electron chi connectivity index (χ1n) is 5.28. The third kappa shape index (κ3) is 4.35. The Balaban J connectivity index is 0.00000361. The van der Waals surface area contributed by atoms with Crippen LogP contribution in [-0.2, 0) is 15.7 Å². The van der Waals surface area contributed by atoms with Crippen molar-refractivity contribution in [1.29, 1.82) is 5.26 Å². The number of carbonyl (C=O) groups is 1. The van der Waals surface area contributed by atoms with Crippen molar-refractivity contribution in [2.75, 3.05) is 6.61 Å². The fourth-order valence-corrected chi connectivity index (χ4v) is 1.31. The molecule has 0 amide bonds. The van der Waals surface area contributed by atoms with Crippen LogP contribution >= 0.6 is 12.4 Å². The molecular formula is C11H11ClF3N3O2. The molecule has 20 heavy (non-hydrogen) atoms. The average Bonchev–Trinajstić information content (AvgIpc) is 2.28. The van der Waals surface area contributed by atoms with Gasteiger partial charge in [-0.05, 0) is 19.9 Å². The number of ether oxygens (including phenoxy) is 1. The molecule has 0 aromatic carbocycles. The summed E-state index contributed by atoms with van der Waals surface area (Å²) < 4.78 is 42.3. The van der Waals surface area contributed by atoms with Crippen LogP contribution in [0.5, 0.6) is 0 Å². The van der Waals surface area contributed by atoms with Gasteiger partial charge in [0.2, 0.25) is 5.92 Å². The molecule has 1 atom stereocenters. The number of alkyl halides is 3. The molecular weight excluding hydrogens is 299 g/mol. The van der Waals surface area contributed by atoms with Gasteiger partial charge in [0, 0.05) is 5.69 Å². The second kappa shape index (κ2) is 7.05.